The molecule has 0 saturated carbocycles. The highest BCUT2D eigenvalue weighted by atomic mass is 16.5. The van der Waals surface area contributed by atoms with Crippen LogP contribution in [0.25, 0.3) is 17.4 Å². The Kier molecular flexibility index (Phi) is 6.30. The molecule has 0 aliphatic carbocycles. The fraction of sp³-hybridized carbons (Fsp3) is 0.0870. The number of hydrogen-bond acceptors (Lipinski definition) is 5. The molecule has 0 unspecified atom stereocenters. The van der Waals surface area contributed by atoms with Crippen LogP contribution >= 0.6 is 0 Å². The summed E-state index contributed by atoms with van der Waals surface area (Å²) in [5.41, 5.74) is 1.22. The molecule has 0 aliphatic heterocycles. The molecule has 1 aromatic heterocycles. The molecule has 3 rings (SSSR count). The summed E-state index contributed by atoms with van der Waals surface area (Å²) in [4.78, 5) is 23.4. The Hall–Kier alpha value is -4.31. The van der Waals surface area contributed by atoms with E-state index >= 15 is 0 Å². The Morgan fingerprint density at radius 3 is 2.60 bits per heavy atom. The van der Waals surface area contributed by atoms with E-state index in [0.29, 0.717) is 35.1 Å². The molecule has 7 nitrogen and oxygen atoms in total. The topological polar surface area (TPSA) is 113 Å². The molecule has 0 bridgehead atoms. The number of rotatable bonds is 7. The van der Waals surface area contributed by atoms with Gasteiger partial charge in [-0.1, -0.05) is 18.2 Å². The molecule has 0 fully saturated rings. The lowest BCUT2D eigenvalue weighted by molar-refractivity contribution is -0.112. The largest absolute Gasteiger partial charge is 0.494 e. The van der Waals surface area contributed by atoms with E-state index in [-0.39, 0.29) is 11.1 Å². The molecule has 1 heterocycles. The number of ether oxygens (including phenoxy) is 1. The number of nitrogens with one attached hydrogen (secondary N) is 1. The van der Waals surface area contributed by atoms with Crippen molar-refractivity contribution >= 4 is 23.6 Å². The number of carbonyl (C=O) groups is 2. The first-order chi connectivity index (χ1) is 14.5. The lowest BCUT2D eigenvalue weighted by atomic mass is 10.1. The molecular weight excluding hydrogens is 384 g/mol. The Morgan fingerprint density at radius 1 is 1.17 bits per heavy atom. The Morgan fingerprint density at radius 2 is 1.93 bits per heavy atom. The van der Waals surface area contributed by atoms with Crippen molar-refractivity contribution in [2.24, 2.45) is 0 Å². The maximum atomic E-state index is 12.5. The monoisotopic (exact) mass is 402 g/mol. The molecule has 150 valence electrons. The SMILES string of the molecule is CCOc1cccc(NC(=O)C(C#N)=Cc2ccc(-c3ccc(C(=O)O)cc3)o2)c1. The third-order valence-corrected chi connectivity index (χ3v) is 4.10. The van der Waals surface area contributed by atoms with Crippen molar-refractivity contribution in [3.63, 3.8) is 0 Å². The molecular formula is C23H18N2O5. The van der Waals surface area contributed by atoms with Crippen molar-refractivity contribution < 1.29 is 23.8 Å². The summed E-state index contributed by atoms with van der Waals surface area (Å²) >= 11 is 0. The summed E-state index contributed by atoms with van der Waals surface area (Å²) in [6, 6.07) is 18.2. The van der Waals surface area contributed by atoms with Gasteiger partial charge in [0, 0.05) is 23.4 Å². The number of carboxylic acids is 1. The maximum absolute atomic E-state index is 12.5. The van der Waals surface area contributed by atoms with E-state index in [1.165, 1.54) is 18.2 Å². The van der Waals surface area contributed by atoms with E-state index in [2.05, 4.69) is 5.32 Å². The van der Waals surface area contributed by atoms with Gasteiger partial charge in [-0.2, -0.15) is 5.26 Å². The summed E-state index contributed by atoms with van der Waals surface area (Å²) in [6.07, 6.45) is 1.34. The summed E-state index contributed by atoms with van der Waals surface area (Å²) in [7, 11) is 0. The highest BCUT2D eigenvalue weighted by Crippen LogP contribution is 2.24. The van der Waals surface area contributed by atoms with Crippen LogP contribution in [0.3, 0.4) is 0 Å². The van der Waals surface area contributed by atoms with Gasteiger partial charge in [-0.15, -0.1) is 0 Å². The average molecular weight is 402 g/mol. The molecule has 0 aliphatic rings. The number of nitrogens with zero attached hydrogens (tertiary/aromatic N) is 1. The van der Waals surface area contributed by atoms with Crippen molar-refractivity contribution in [3.05, 3.63) is 77.6 Å². The lowest BCUT2D eigenvalue weighted by Gasteiger charge is -2.07. The number of benzene rings is 2. The zero-order valence-electron chi connectivity index (χ0n) is 16.1. The summed E-state index contributed by atoms with van der Waals surface area (Å²) in [6.45, 7) is 2.36. The fourth-order valence-electron chi connectivity index (χ4n) is 2.68. The second-order valence-electron chi connectivity index (χ2n) is 6.17. The van der Waals surface area contributed by atoms with Crippen molar-refractivity contribution in [1.82, 2.24) is 0 Å². The highest BCUT2D eigenvalue weighted by molar-refractivity contribution is 6.09. The number of hydrogen-bond donors (Lipinski definition) is 2. The molecule has 0 radical (unpaired) electrons. The molecule has 3 aromatic rings. The van der Waals surface area contributed by atoms with Crippen molar-refractivity contribution in [2.75, 3.05) is 11.9 Å². The summed E-state index contributed by atoms with van der Waals surface area (Å²) < 4.78 is 11.1. The van der Waals surface area contributed by atoms with Gasteiger partial charge in [0.25, 0.3) is 5.91 Å². The first-order valence-corrected chi connectivity index (χ1v) is 9.09. The van der Waals surface area contributed by atoms with E-state index in [1.54, 1.807) is 48.5 Å². The van der Waals surface area contributed by atoms with Crippen LogP contribution in [0.1, 0.15) is 23.0 Å². The van der Waals surface area contributed by atoms with Crippen LogP contribution in [0, 0.1) is 11.3 Å². The van der Waals surface area contributed by atoms with Crippen LogP contribution < -0.4 is 10.1 Å². The van der Waals surface area contributed by atoms with Gasteiger partial charge in [0.1, 0.15) is 28.9 Å². The van der Waals surface area contributed by atoms with Crippen LogP contribution in [0.2, 0.25) is 0 Å². The van der Waals surface area contributed by atoms with Crippen LogP contribution in [0.4, 0.5) is 5.69 Å². The van der Waals surface area contributed by atoms with Gasteiger partial charge in [0.2, 0.25) is 0 Å². The first-order valence-electron chi connectivity index (χ1n) is 9.09. The van der Waals surface area contributed by atoms with Crippen LogP contribution in [-0.2, 0) is 4.79 Å². The predicted molar refractivity (Wildman–Crippen MR) is 111 cm³/mol. The van der Waals surface area contributed by atoms with Gasteiger partial charge < -0.3 is 19.6 Å². The minimum absolute atomic E-state index is 0.126. The van der Waals surface area contributed by atoms with Gasteiger partial charge in [-0.25, -0.2) is 4.79 Å². The average Bonchev–Trinajstić information content (AvgIpc) is 3.21. The van der Waals surface area contributed by atoms with Gasteiger partial charge in [-0.05, 0) is 43.3 Å². The van der Waals surface area contributed by atoms with E-state index in [0.717, 1.165) is 0 Å². The van der Waals surface area contributed by atoms with E-state index in [4.69, 9.17) is 14.3 Å². The molecule has 30 heavy (non-hydrogen) atoms. The third kappa shape index (κ3) is 4.94. The van der Waals surface area contributed by atoms with Crippen LogP contribution in [0.15, 0.2) is 70.7 Å². The van der Waals surface area contributed by atoms with E-state index in [9.17, 15) is 14.9 Å². The van der Waals surface area contributed by atoms with Crippen molar-refractivity contribution in [1.29, 1.82) is 5.26 Å². The second kappa shape index (κ2) is 9.26. The zero-order chi connectivity index (χ0) is 21.5. The number of carbonyl (C=O) groups excluding carboxylic acids is 1. The van der Waals surface area contributed by atoms with Gasteiger partial charge in [0.05, 0.1) is 12.2 Å². The van der Waals surface area contributed by atoms with E-state index in [1.807, 2.05) is 13.0 Å². The molecule has 0 saturated heterocycles. The van der Waals surface area contributed by atoms with Gasteiger partial charge in [0.15, 0.2) is 0 Å². The number of furan rings is 1. The number of anilines is 1. The predicted octanol–water partition coefficient (Wildman–Crippen LogP) is 4.59. The number of amides is 1. The summed E-state index contributed by atoms with van der Waals surface area (Å²) in [5, 5.41) is 21.0. The standard InChI is InChI=1S/C23H18N2O5/c1-2-29-19-5-3-4-18(13-19)25-22(26)17(14-24)12-20-10-11-21(30-20)15-6-8-16(9-7-15)23(27)28/h3-13H,2H2,1H3,(H,25,26)(H,27,28). The Balaban J connectivity index is 1.76. The minimum Gasteiger partial charge on any atom is -0.494 e. The lowest BCUT2D eigenvalue weighted by Crippen LogP contribution is -2.13. The van der Waals surface area contributed by atoms with E-state index < -0.39 is 11.9 Å². The maximum Gasteiger partial charge on any atom is 0.335 e. The first kappa shape index (κ1) is 20.4. The molecule has 7 heteroatoms. The van der Waals surface area contributed by atoms with Crippen molar-refractivity contribution in [2.45, 2.75) is 6.92 Å². The number of nitriles is 1. The highest BCUT2D eigenvalue weighted by Gasteiger charge is 2.12. The third-order valence-electron chi connectivity index (χ3n) is 4.10. The molecule has 2 N–H and O–H groups in total. The summed E-state index contributed by atoms with van der Waals surface area (Å²) in [5.74, 6) is -0.166. The number of aromatic carboxylic acids is 1. The quantitative estimate of drug-likeness (QED) is 0.441. The molecule has 0 atom stereocenters. The van der Waals surface area contributed by atoms with Crippen molar-refractivity contribution in [3.8, 4) is 23.1 Å². The zero-order valence-corrected chi connectivity index (χ0v) is 16.1. The molecule has 1 amide bonds. The van der Waals surface area contributed by atoms with Gasteiger partial charge >= 0.3 is 5.97 Å². The smallest absolute Gasteiger partial charge is 0.335 e. The Labute approximate surface area is 172 Å². The number of carboxylic acid groups (broad SMARTS) is 1. The normalized spacial score (nSPS) is 10.9. The second-order valence-corrected chi connectivity index (χ2v) is 6.17. The van der Waals surface area contributed by atoms with Crippen LogP contribution in [-0.4, -0.2) is 23.6 Å². The minimum atomic E-state index is -1.01. The molecule has 2 aromatic carbocycles. The Bertz CT molecular complexity index is 1140. The molecule has 0 spiro atoms. The van der Waals surface area contributed by atoms with Crippen LogP contribution in [0.5, 0.6) is 5.75 Å². The fourth-order valence-corrected chi connectivity index (χ4v) is 2.68. The van der Waals surface area contributed by atoms with Gasteiger partial charge in [-0.3, -0.25) is 4.79 Å².